The van der Waals surface area contributed by atoms with Crippen LogP contribution in [-0.2, 0) is 16.1 Å². The summed E-state index contributed by atoms with van der Waals surface area (Å²) in [5, 5.41) is 2.93. The summed E-state index contributed by atoms with van der Waals surface area (Å²) in [6.07, 6.45) is 12.2. The fraction of sp³-hybridized carbons (Fsp3) is 0.667. The summed E-state index contributed by atoms with van der Waals surface area (Å²) in [7, 11) is 1.99. The van der Waals surface area contributed by atoms with E-state index in [2.05, 4.69) is 47.0 Å². The molecule has 31 heavy (non-hydrogen) atoms. The minimum atomic E-state index is -0.108. The number of amides is 2. The summed E-state index contributed by atoms with van der Waals surface area (Å²) in [6.45, 7) is 2.50. The van der Waals surface area contributed by atoms with E-state index in [4.69, 9.17) is 0 Å². The van der Waals surface area contributed by atoms with Crippen LogP contribution in [0.4, 0.5) is 5.69 Å². The Kier molecular flexibility index (Phi) is 9.41. The van der Waals surface area contributed by atoms with Gasteiger partial charge in [0.2, 0.25) is 11.8 Å². The molecule has 7 heteroatoms. The lowest BCUT2D eigenvalue weighted by Gasteiger charge is -2.42. The molecule has 2 aliphatic carbocycles. The SMILES string of the molecule is CC(=O)Nc1c(Br)cc(Br)cc1CN(C)CC(=O)N(C1CCCCC1)C1CCCCC1. The molecule has 0 bridgehead atoms. The molecule has 172 valence electrons. The van der Waals surface area contributed by atoms with Crippen LogP contribution < -0.4 is 5.32 Å². The molecule has 0 radical (unpaired) electrons. The molecule has 2 aliphatic rings. The standard InChI is InChI=1S/C24H35Br2N3O2/c1-17(30)27-24-18(13-19(25)14-22(24)26)15-28(2)16-23(31)29(20-9-5-3-6-10-20)21-11-7-4-8-12-21/h13-14,20-21H,3-12,15-16H2,1-2H3,(H,27,30). The van der Waals surface area contributed by atoms with Crippen molar-refractivity contribution in [3.05, 3.63) is 26.6 Å². The first-order valence-electron chi connectivity index (χ1n) is 11.6. The highest BCUT2D eigenvalue weighted by molar-refractivity contribution is 9.11. The Morgan fingerprint density at radius 1 is 0.968 bits per heavy atom. The third kappa shape index (κ3) is 7.03. The van der Waals surface area contributed by atoms with E-state index in [9.17, 15) is 9.59 Å². The van der Waals surface area contributed by atoms with E-state index in [1.165, 1.54) is 45.4 Å². The Labute approximate surface area is 203 Å². The largest absolute Gasteiger partial charge is 0.336 e. The van der Waals surface area contributed by atoms with Crippen LogP contribution in [0.5, 0.6) is 0 Å². The van der Waals surface area contributed by atoms with Crippen LogP contribution in [0.2, 0.25) is 0 Å². The first kappa shape index (κ1) is 24.7. The minimum Gasteiger partial charge on any atom is -0.336 e. The van der Waals surface area contributed by atoms with Gasteiger partial charge in [-0.15, -0.1) is 0 Å². The van der Waals surface area contributed by atoms with Gasteiger partial charge in [-0.3, -0.25) is 14.5 Å². The zero-order valence-electron chi connectivity index (χ0n) is 18.8. The van der Waals surface area contributed by atoms with Gasteiger partial charge in [0.05, 0.1) is 12.2 Å². The number of hydrogen-bond acceptors (Lipinski definition) is 3. The van der Waals surface area contributed by atoms with Crippen molar-refractivity contribution in [1.29, 1.82) is 0 Å². The van der Waals surface area contributed by atoms with Gasteiger partial charge in [-0.2, -0.15) is 0 Å². The van der Waals surface area contributed by atoms with E-state index >= 15 is 0 Å². The molecule has 2 fully saturated rings. The van der Waals surface area contributed by atoms with Gasteiger partial charge >= 0.3 is 0 Å². The average molecular weight is 557 g/mol. The van der Waals surface area contributed by atoms with Gasteiger partial charge in [-0.1, -0.05) is 54.5 Å². The van der Waals surface area contributed by atoms with E-state index in [-0.39, 0.29) is 11.8 Å². The lowest BCUT2D eigenvalue weighted by atomic mass is 9.88. The summed E-state index contributed by atoms with van der Waals surface area (Å²) in [5.74, 6) is 0.153. The van der Waals surface area contributed by atoms with E-state index in [0.717, 1.165) is 45.9 Å². The fourth-order valence-electron chi connectivity index (χ4n) is 5.15. The molecule has 1 aromatic rings. The lowest BCUT2D eigenvalue weighted by Crippen LogP contribution is -2.51. The number of likely N-dealkylation sites (N-methyl/N-ethyl adjacent to an activating group) is 1. The van der Waals surface area contributed by atoms with Gasteiger partial charge in [0.15, 0.2) is 0 Å². The van der Waals surface area contributed by atoms with Crippen molar-refractivity contribution in [2.75, 3.05) is 18.9 Å². The second-order valence-corrected chi connectivity index (χ2v) is 10.9. The van der Waals surface area contributed by atoms with Crippen LogP contribution >= 0.6 is 31.9 Å². The summed E-state index contributed by atoms with van der Waals surface area (Å²) in [5.41, 5.74) is 1.75. The number of hydrogen-bond donors (Lipinski definition) is 1. The number of carbonyl (C=O) groups is 2. The minimum absolute atomic E-state index is 0.108. The van der Waals surface area contributed by atoms with Crippen molar-refractivity contribution in [2.24, 2.45) is 0 Å². The zero-order valence-corrected chi connectivity index (χ0v) is 21.9. The molecule has 0 atom stereocenters. The Balaban J connectivity index is 1.72. The van der Waals surface area contributed by atoms with Crippen LogP contribution in [-0.4, -0.2) is 47.3 Å². The molecule has 2 amide bonds. The maximum atomic E-state index is 13.5. The van der Waals surface area contributed by atoms with E-state index in [1.54, 1.807) is 0 Å². The monoisotopic (exact) mass is 555 g/mol. The third-order valence-corrected chi connectivity index (χ3v) is 7.59. The molecule has 1 N–H and O–H groups in total. The van der Waals surface area contributed by atoms with Crippen molar-refractivity contribution in [3.8, 4) is 0 Å². The van der Waals surface area contributed by atoms with Crippen molar-refractivity contribution < 1.29 is 9.59 Å². The van der Waals surface area contributed by atoms with E-state index < -0.39 is 0 Å². The van der Waals surface area contributed by atoms with Crippen molar-refractivity contribution in [3.63, 3.8) is 0 Å². The van der Waals surface area contributed by atoms with Crippen molar-refractivity contribution in [1.82, 2.24) is 9.80 Å². The molecule has 1 aromatic carbocycles. The first-order valence-corrected chi connectivity index (χ1v) is 13.2. The number of rotatable bonds is 7. The summed E-state index contributed by atoms with van der Waals surface area (Å²) < 4.78 is 1.77. The molecule has 3 rings (SSSR count). The number of anilines is 1. The van der Waals surface area contributed by atoms with Gasteiger partial charge in [0, 0.05) is 34.5 Å². The Bertz CT molecular complexity index is 756. The number of nitrogens with one attached hydrogen (secondary N) is 1. The molecule has 0 spiro atoms. The molecule has 0 heterocycles. The molecule has 2 saturated carbocycles. The normalized spacial score (nSPS) is 18.2. The summed E-state index contributed by atoms with van der Waals surface area (Å²) in [6, 6.07) is 4.76. The highest BCUT2D eigenvalue weighted by Gasteiger charge is 2.32. The number of carbonyl (C=O) groups excluding carboxylic acids is 2. The maximum absolute atomic E-state index is 13.5. The Morgan fingerprint density at radius 2 is 1.52 bits per heavy atom. The first-order chi connectivity index (χ1) is 14.8. The second-order valence-electron chi connectivity index (χ2n) is 9.16. The van der Waals surface area contributed by atoms with Crippen LogP contribution in [0.25, 0.3) is 0 Å². The molecular formula is C24H35Br2N3O2. The molecule has 0 aliphatic heterocycles. The van der Waals surface area contributed by atoms with E-state index in [1.807, 2.05) is 19.2 Å². The fourth-order valence-corrected chi connectivity index (χ4v) is 6.56. The highest BCUT2D eigenvalue weighted by Crippen LogP contribution is 2.33. The summed E-state index contributed by atoms with van der Waals surface area (Å²) in [4.78, 5) is 29.6. The van der Waals surface area contributed by atoms with Gasteiger partial charge < -0.3 is 10.2 Å². The predicted molar refractivity (Wildman–Crippen MR) is 133 cm³/mol. The third-order valence-electron chi connectivity index (χ3n) is 6.51. The predicted octanol–water partition coefficient (Wildman–Crippen LogP) is 6.10. The molecule has 0 saturated heterocycles. The number of halogens is 2. The van der Waals surface area contributed by atoms with Gasteiger partial charge in [-0.05, 0) is 66.4 Å². The topological polar surface area (TPSA) is 52.7 Å². The maximum Gasteiger partial charge on any atom is 0.237 e. The molecular weight excluding hydrogens is 522 g/mol. The average Bonchev–Trinajstić information content (AvgIpc) is 2.72. The second kappa shape index (κ2) is 11.8. The van der Waals surface area contributed by atoms with E-state index in [0.29, 0.717) is 25.2 Å². The van der Waals surface area contributed by atoms with Crippen LogP contribution in [0.3, 0.4) is 0 Å². The molecule has 0 unspecified atom stereocenters. The van der Waals surface area contributed by atoms with Crippen LogP contribution in [0.1, 0.15) is 76.7 Å². The van der Waals surface area contributed by atoms with Crippen LogP contribution in [0, 0.1) is 0 Å². The molecule has 5 nitrogen and oxygen atoms in total. The Morgan fingerprint density at radius 3 is 2.03 bits per heavy atom. The van der Waals surface area contributed by atoms with Gasteiger partial charge in [0.25, 0.3) is 0 Å². The number of nitrogens with zero attached hydrogens (tertiary/aromatic N) is 2. The lowest BCUT2D eigenvalue weighted by molar-refractivity contribution is -0.139. The quantitative estimate of drug-likeness (QED) is 0.441. The Hall–Kier alpha value is -0.920. The highest BCUT2D eigenvalue weighted by atomic mass is 79.9. The van der Waals surface area contributed by atoms with Crippen molar-refractivity contribution >= 4 is 49.4 Å². The van der Waals surface area contributed by atoms with Crippen LogP contribution in [0.15, 0.2) is 21.1 Å². The zero-order chi connectivity index (χ0) is 22.4. The van der Waals surface area contributed by atoms with Crippen molar-refractivity contribution in [2.45, 2.75) is 89.8 Å². The smallest absolute Gasteiger partial charge is 0.237 e. The van der Waals surface area contributed by atoms with Gasteiger partial charge in [0.1, 0.15) is 0 Å². The molecule has 0 aromatic heterocycles. The summed E-state index contributed by atoms with van der Waals surface area (Å²) >= 11 is 7.10. The number of benzene rings is 1. The van der Waals surface area contributed by atoms with Gasteiger partial charge in [-0.25, -0.2) is 0 Å².